The van der Waals surface area contributed by atoms with Crippen molar-refractivity contribution in [3.63, 3.8) is 0 Å². The van der Waals surface area contributed by atoms with Gasteiger partial charge in [0, 0.05) is 19.6 Å². The molecule has 1 aliphatic heterocycles. The van der Waals surface area contributed by atoms with Gasteiger partial charge >= 0.3 is 0 Å². The summed E-state index contributed by atoms with van der Waals surface area (Å²) in [6.07, 6.45) is 1.67. The van der Waals surface area contributed by atoms with Crippen LogP contribution in [0.1, 0.15) is 18.7 Å². The second kappa shape index (κ2) is 6.37. The van der Waals surface area contributed by atoms with Crippen LogP contribution in [0.25, 0.3) is 10.9 Å². The van der Waals surface area contributed by atoms with E-state index in [4.69, 9.17) is 4.74 Å². The van der Waals surface area contributed by atoms with E-state index in [9.17, 15) is 5.11 Å². The third kappa shape index (κ3) is 3.49. The Morgan fingerprint density at radius 1 is 1.33 bits per heavy atom. The first-order valence-electron chi connectivity index (χ1n) is 7.49. The van der Waals surface area contributed by atoms with E-state index in [1.807, 2.05) is 31.2 Å². The molecule has 1 N–H and O–H groups in total. The van der Waals surface area contributed by atoms with Gasteiger partial charge in [0.05, 0.1) is 23.6 Å². The monoisotopic (exact) mass is 287 g/mol. The molecule has 1 fully saturated rings. The molecule has 3 rings (SSSR count). The number of hydrogen-bond acceptors (Lipinski definition) is 5. The highest BCUT2D eigenvalue weighted by atomic mass is 16.5. The maximum absolute atomic E-state index is 9.49. The number of aryl methyl sites for hydroxylation is 1. The molecule has 1 saturated heterocycles. The SMILES string of the molecule is Cc1nc(OCCCN2CCC(O)C2)c2ccccc2n1. The van der Waals surface area contributed by atoms with E-state index in [-0.39, 0.29) is 6.10 Å². The smallest absolute Gasteiger partial charge is 0.224 e. The van der Waals surface area contributed by atoms with E-state index in [1.165, 1.54) is 0 Å². The summed E-state index contributed by atoms with van der Waals surface area (Å²) in [5.74, 6) is 1.39. The molecule has 0 saturated carbocycles. The molecule has 5 heteroatoms. The highest BCUT2D eigenvalue weighted by Crippen LogP contribution is 2.22. The fourth-order valence-corrected chi connectivity index (χ4v) is 2.74. The average molecular weight is 287 g/mol. The van der Waals surface area contributed by atoms with Gasteiger partial charge in [-0.1, -0.05) is 12.1 Å². The van der Waals surface area contributed by atoms with E-state index in [0.717, 1.165) is 49.2 Å². The Morgan fingerprint density at radius 3 is 3.00 bits per heavy atom. The molecular formula is C16H21N3O2. The first-order valence-corrected chi connectivity index (χ1v) is 7.49. The molecule has 5 nitrogen and oxygen atoms in total. The number of para-hydroxylation sites is 1. The number of aliphatic hydroxyl groups excluding tert-OH is 1. The quantitative estimate of drug-likeness (QED) is 0.849. The summed E-state index contributed by atoms with van der Waals surface area (Å²) in [7, 11) is 0. The van der Waals surface area contributed by atoms with Crippen molar-refractivity contribution < 1.29 is 9.84 Å². The molecular weight excluding hydrogens is 266 g/mol. The van der Waals surface area contributed by atoms with Gasteiger partial charge in [-0.2, -0.15) is 4.98 Å². The van der Waals surface area contributed by atoms with E-state index < -0.39 is 0 Å². The molecule has 1 atom stereocenters. The Balaban J connectivity index is 1.58. The van der Waals surface area contributed by atoms with Crippen LogP contribution in [0.3, 0.4) is 0 Å². The zero-order chi connectivity index (χ0) is 14.7. The van der Waals surface area contributed by atoms with Crippen molar-refractivity contribution in [2.75, 3.05) is 26.2 Å². The summed E-state index contributed by atoms with van der Waals surface area (Å²) in [5.41, 5.74) is 0.919. The normalized spacial score (nSPS) is 19.2. The summed E-state index contributed by atoms with van der Waals surface area (Å²) in [4.78, 5) is 11.1. The molecule has 0 radical (unpaired) electrons. The van der Waals surface area contributed by atoms with E-state index in [1.54, 1.807) is 0 Å². The average Bonchev–Trinajstić information content (AvgIpc) is 2.89. The van der Waals surface area contributed by atoms with Crippen molar-refractivity contribution >= 4 is 10.9 Å². The second-order valence-electron chi connectivity index (χ2n) is 5.54. The topological polar surface area (TPSA) is 58.5 Å². The van der Waals surface area contributed by atoms with Crippen LogP contribution >= 0.6 is 0 Å². The first-order chi connectivity index (χ1) is 10.2. The summed E-state index contributed by atoms with van der Waals surface area (Å²) >= 11 is 0. The number of nitrogens with zero attached hydrogens (tertiary/aromatic N) is 3. The van der Waals surface area contributed by atoms with Crippen LogP contribution in [0.15, 0.2) is 24.3 Å². The standard InChI is InChI=1S/C16H21N3O2/c1-12-17-15-6-3-2-5-14(15)16(18-12)21-10-4-8-19-9-7-13(20)11-19/h2-3,5-6,13,20H,4,7-11H2,1H3. The van der Waals surface area contributed by atoms with Crippen LogP contribution in [0.4, 0.5) is 0 Å². The minimum atomic E-state index is -0.153. The van der Waals surface area contributed by atoms with Gasteiger partial charge < -0.3 is 14.7 Å². The number of fused-ring (bicyclic) bond motifs is 1. The fraction of sp³-hybridized carbons (Fsp3) is 0.500. The molecule has 0 amide bonds. The molecule has 1 aromatic carbocycles. The minimum absolute atomic E-state index is 0.153. The summed E-state index contributed by atoms with van der Waals surface area (Å²) in [6.45, 7) is 5.24. The van der Waals surface area contributed by atoms with Gasteiger partial charge in [-0.15, -0.1) is 0 Å². The van der Waals surface area contributed by atoms with Gasteiger partial charge in [-0.25, -0.2) is 4.98 Å². The zero-order valence-electron chi connectivity index (χ0n) is 12.3. The van der Waals surface area contributed by atoms with Crippen LogP contribution in [-0.4, -0.2) is 52.3 Å². The maximum atomic E-state index is 9.49. The predicted octanol–water partition coefficient (Wildman–Crippen LogP) is 1.77. The number of likely N-dealkylation sites (tertiary alicyclic amines) is 1. The molecule has 1 aliphatic rings. The number of benzene rings is 1. The zero-order valence-corrected chi connectivity index (χ0v) is 12.3. The van der Waals surface area contributed by atoms with Gasteiger partial charge in [0.15, 0.2) is 0 Å². The highest BCUT2D eigenvalue weighted by Gasteiger charge is 2.19. The van der Waals surface area contributed by atoms with Crippen LogP contribution in [0.2, 0.25) is 0 Å². The van der Waals surface area contributed by atoms with Gasteiger partial charge in [0.1, 0.15) is 5.82 Å². The molecule has 1 aromatic heterocycles. The summed E-state index contributed by atoms with van der Waals surface area (Å²) in [5, 5.41) is 10.5. The molecule has 0 spiro atoms. The van der Waals surface area contributed by atoms with Gasteiger partial charge in [0.2, 0.25) is 5.88 Å². The first kappa shape index (κ1) is 14.2. The molecule has 112 valence electrons. The Bertz CT molecular complexity index is 617. The van der Waals surface area contributed by atoms with E-state index in [2.05, 4.69) is 14.9 Å². The van der Waals surface area contributed by atoms with Crippen molar-refractivity contribution in [2.45, 2.75) is 25.9 Å². The second-order valence-corrected chi connectivity index (χ2v) is 5.54. The number of β-amino-alcohol motifs (C(OH)–C–C–N with tert-alkyl or cyclic N) is 1. The van der Waals surface area contributed by atoms with Crippen molar-refractivity contribution in [1.82, 2.24) is 14.9 Å². The van der Waals surface area contributed by atoms with Gasteiger partial charge in [-0.05, 0) is 31.9 Å². The highest BCUT2D eigenvalue weighted by molar-refractivity contribution is 5.83. The fourth-order valence-electron chi connectivity index (χ4n) is 2.74. The lowest BCUT2D eigenvalue weighted by molar-refractivity contribution is 0.173. The minimum Gasteiger partial charge on any atom is -0.477 e. The third-order valence-corrected chi connectivity index (χ3v) is 3.79. The number of aliphatic hydroxyl groups is 1. The molecule has 2 aromatic rings. The van der Waals surface area contributed by atoms with Gasteiger partial charge in [-0.3, -0.25) is 0 Å². The van der Waals surface area contributed by atoms with Crippen molar-refractivity contribution in [3.05, 3.63) is 30.1 Å². The van der Waals surface area contributed by atoms with Crippen molar-refractivity contribution in [2.24, 2.45) is 0 Å². The van der Waals surface area contributed by atoms with E-state index >= 15 is 0 Å². The van der Waals surface area contributed by atoms with E-state index in [0.29, 0.717) is 12.5 Å². The van der Waals surface area contributed by atoms with Crippen LogP contribution < -0.4 is 4.74 Å². The lowest BCUT2D eigenvalue weighted by atomic mass is 10.2. The molecule has 1 unspecified atom stereocenters. The van der Waals surface area contributed by atoms with Crippen LogP contribution in [-0.2, 0) is 0 Å². The molecule has 0 aliphatic carbocycles. The molecule has 0 bridgehead atoms. The van der Waals surface area contributed by atoms with Crippen LogP contribution in [0, 0.1) is 6.92 Å². The summed E-state index contributed by atoms with van der Waals surface area (Å²) in [6, 6.07) is 7.90. The van der Waals surface area contributed by atoms with Crippen molar-refractivity contribution in [3.8, 4) is 5.88 Å². The Labute approximate surface area is 124 Å². The van der Waals surface area contributed by atoms with Gasteiger partial charge in [0.25, 0.3) is 0 Å². The lowest BCUT2D eigenvalue weighted by Gasteiger charge is -2.15. The van der Waals surface area contributed by atoms with Crippen molar-refractivity contribution in [1.29, 1.82) is 0 Å². The number of rotatable bonds is 5. The Morgan fingerprint density at radius 2 is 2.19 bits per heavy atom. The predicted molar refractivity (Wildman–Crippen MR) is 81.5 cm³/mol. The Kier molecular flexibility index (Phi) is 4.31. The third-order valence-electron chi connectivity index (χ3n) is 3.79. The van der Waals surface area contributed by atoms with Crippen LogP contribution in [0.5, 0.6) is 5.88 Å². The number of aromatic nitrogens is 2. The molecule has 21 heavy (non-hydrogen) atoms. The maximum Gasteiger partial charge on any atom is 0.224 e. The summed E-state index contributed by atoms with van der Waals surface area (Å²) < 4.78 is 5.85. The Hall–Kier alpha value is -1.72. The number of hydrogen-bond donors (Lipinski definition) is 1. The number of ether oxygens (including phenoxy) is 1. The largest absolute Gasteiger partial charge is 0.477 e. The lowest BCUT2D eigenvalue weighted by Crippen LogP contribution is -2.24. The molecule has 2 heterocycles.